The number of H-pyrrole nitrogens is 1. The van der Waals surface area contributed by atoms with Gasteiger partial charge >= 0.3 is 0 Å². The molecule has 136 valence electrons. The Morgan fingerprint density at radius 2 is 2.04 bits per heavy atom. The van der Waals surface area contributed by atoms with E-state index < -0.39 is 0 Å². The van der Waals surface area contributed by atoms with Crippen molar-refractivity contribution in [3.63, 3.8) is 0 Å². The monoisotopic (exact) mass is 361 g/mol. The summed E-state index contributed by atoms with van der Waals surface area (Å²) in [7, 11) is 1.91. The van der Waals surface area contributed by atoms with Gasteiger partial charge in [0.1, 0.15) is 5.82 Å². The number of aromatic nitrogens is 6. The molecule has 8 heteroatoms. The molecule has 1 atom stereocenters. The maximum Gasteiger partial charge on any atom is 0.231 e. The van der Waals surface area contributed by atoms with Crippen molar-refractivity contribution in [3.05, 3.63) is 53.0 Å². The van der Waals surface area contributed by atoms with Crippen LogP contribution in [0.1, 0.15) is 34.9 Å². The Balaban J connectivity index is 1.70. The van der Waals surface area contributed by atoms with E-state index in [0.29, 0.717) is 18.2 Å². The highest BCUT2D eigenvalue weighted by Gasteiger charge is 2.34. The summed E-state index contributed by atoms with van der Waals surface area (Å²) in [5.74, 6) is 1.16. The zero-order chi connectivity index (χ0) is 18.7. The Bertz CT molecular complexity index is 1160. The molecule has 8 nitrogen and oxygen atoms in total. The quantitative estimate of drug-likeness (QED) is 0.574. The lowest BCUT2D eigenvalue weighted by atomic mass is 9.86. The third-order valence-electron chi connectivity index (χ3n) is 5.33. The van der Waals surface area contributed by atoms with Crippen LogP contribution in [0.5, 0.6) is 0 Å². The molecule has 1 amide bonds. The first kappa shape index (κ1) is 15.8. The van der Waals surface area contributed by atoms with Crippen LogP contribution in [0.3, 0.4) is 0 Å². The van der Waals surface area contributed by atoms with Crippen molar-refractivity contribution in [2.45, 2.75) is 26.2 Å². The van der Waals surface area contributed by atoms with Crippen LogP contribution in [0.4, 0.5) is 5.82 Å². The van der Waals surface area contributed by atoms with Crippen molar-refractivity contribution in [3.8, 4) is 5.95 Å². The minimum Gasteiger partial charge on any atom is -0.322 e. The molecule has 0 fully saturated rings. The minimum absolute atomic E-state index is 0.0342. The Kier molecular flexibility index (Phi) is 3.24. The van der Waals surface area contributed by atoms with Crippen molar-refractivity contribution in [1.29, 1.82) is 0 Å². The van der Waals surface area contributed by atoms with E-state index in [1.54, 1.807) is 4.68 Å². The molecule has 1 unspecified atom stereocenters. The van der Waals surface area contributed by atoms with Crippen LogP contribution < -0.4 is 5.32 Å². The third-order valence-corrected chi connectivity index (χ3v) is 5.33. The number of anilines is 1. The molecular weight excluding hydrogens is 342 g/mol. The van der Waals surface area contributed by atoms with Crippen molar-refractivity contribution < 1.29 is 4.79 Å². The molecule has 0 spiro atoms. The van der Waals surface area contributed by atoms with Gasteiger partial charge in [-0.1, -0.05) is 12.1 Å². The van der Waals surface area contributed by atoms with Crippen LogP contribution in [0, 0.1) is 13.8 Å². The molecule has 27 heavy (non-hydrogen) atoms. The van der Waals surface area contributed by atoms with E-state index in [4.69, 9.17) is 0 Å². The number of hydrogen-bond acceptors (Lipinski definition) is 4. The highest BCUT2D eigenvalue weighted by molar-refractivity contribution is 5.95. The van der Waals surface area contributed by atoms with Crippen LogP contribution >= 0.6 is 0 Å². The van der Waals surface area contributed by atoms with Gasteiger partial charge in [-0.3, -0.25) is 9.48 Å². The third kappa shape index (κ3) is 2.29. The summed E-state index contributed by atoms with van der Waals surface area (Å²) in [5.41, 5.74) is 5.79. The molecule has 5 rings (SSSR count). The molecular formula is C19H19N7O. The average molecular weight is 361 g/mol. The minimum atomic E-state index is -0.0689. The van der Waals surface area contributed by atoms with Gasteiger partial charge in [0.05, 0.1) is 22.9 Å². The molecule has 2 N–H and O–H groups in total. The normalized spacial score (nSPS) is 16.6. The molecule has 4 heterocycles. The van der Waals surface area contributed by atoms with Gasteiger partial charge in [0, 0.05) is 36.2 Å². The van der Waals surface area contributed by atoms with E-state index in [1.165, 1.54) is 0 Å². The predicted octanol–water partition coefficient (Wildman–Crippen LogP) is 2.57. The van der Waals surface area contributed by atoms with Gasteiger partial charge in [0.2, 0.25) is 11.9 Å². The van der Waals surface area contributed by atoms with Gasteiger partial charge < -0.3 is 10.3 Å². The zero-order valence-electron chi connectivity index (χ0n) is 15.3. The number of hydrogen-bond donors (Lipinski definition) is 2. The van der Waals surface area contributed by atoms with Gasteiger partial charge in [-0.05, 0) is 26.0 Å². The first-order chi connectivity index (χ1) is 13.0. The summed E-state index contributed by atoms with van der Waals surface area (Å²) >= 11 is 0. The topological polar surface area (TPSA) is 93.4 Å². The summed E-state index contributed by atoms with van der Waals surface area (Å²) in [4.78, 5) is 20.4. The summed E-state index contributed by atoms with van der Waals surface area (Å²) in [6, 6.07) is 7.81. The maximum atomic E-state index is 12.5. The molecule has 1 aliphatic rings. The highest BCUT2D eigenvalue weighted by Crippen LogP contribution is 2.40. The molecule has 0 bridgehead atoms. The summed E-state index contributed by atoms with van der Waals surface area (Å²) < 4.78 is 3.53. The predicted molar refractivity (Wildman–Crippen MR) is 101 cm³/mol. The molecule has 1 aromatic carbocycles. The zero-order valence-corrected chi connectivity index (χ0v) is 15.3. The SMILES string of the molecule is Cc1nn(-c2nc3ccccc3[nH]2)c2c1C(c1cnn(C)c1C)CC(=O)N2. The number of aryl methyl sites for hydroxylation is 2. The van der Waals surface area contributed by atoms with E-state index >= 15 is 0 Å². The number of imidazole rings is 1. The molecule has 0 saturated heterocycles. The molecule has 3 aromatic heterocycles. The van der Waals surface area contributed by atoms with Crippen LogP contribution in [-0.2, 0) is 11.8 Å². The number of amides is 1. The Morgan fingerprint density at radius 3 is 2.78 bits per heavy atom. The van der Waals surface area contributed by atoms with Gasteiger partial charge in [0.15, 0.2) is 0 Å². The van der Waals surface area contributed by atoms with E-state index in [-0.39, 0.29) is 11.8 Å². The fraction of sp³-hybridized carbons (Fsp3) is 0.263. The first-order valence-electron chi connectivity index (χ1n) is 8.86. The highest BCUT2D eigenvalue weighted by atomic mass is 16.1. The number of nitrogens with one attached hydrogen (secondary N) is 2. The second-order valence-electron chi connectivity index (χ2n) is 6.95. The van der Waals surface area contributed by atoms with Gasteiger partial charge in [-0.15, -0.1) is 0 Å². The number of para-hydroxylation sites is 2. The lowest BCUT2D eigenvalue weighted by Crippen LogP contribution is -2.25. The first-order valence-corrected chi connectivity index (χ1v) is 8.86. The summed E-state index contributed by atoms with van der Waals surface area (Å²) in [6.45, 7) is 3.99. The van der Waals surface area contributed by atoms with Crippen LogP contribution in [0.15, 0.2) is 30.5 Å². The summed E-state index contributed by atoms with van der Waals surface area (Å²) in [5, 5.41) is 12.0. The van der Waals surface area contributed by atoms with Gasteiger partial charge in [-0.25, -0.2) is 4.98 Å². The number of rotatable bonds is 2. The van der Waals surface area contributed by atoms with E-state index in [2.05, 4.69) is 25.5 Å². The molecule has 4 aromatic rings. The summed E-state index contributed by atoms with van der Waals surface area (Å²) in [6.07, 6.45) is 2.23. The second kappa shape index (κ2) is 5.54. The Morgan fingerprint density at radius 1 is 1.22 bits per heavy atom. The number of nitrogens with zero attached hydrogens (tertiary/aromatic N) is 5. The number of carbonyl (C=O) groups excluding carboxylic acids is 1. The van der Waals surface area contributed by atoms with Gasteiger partial charge in [0.25, 0.3) is 0 Å². The maximum absolute atomic E-state index is 12.5. The fourth-order valence-corrected chi connectivity index (χ4v) is 3.86. The van der Waals surface area contributed by atoms with Crippen LogP contribution in [0.2, 0.25) is 0 Å². The van der Waals surface area contributed by atoms with Gasteiger partial charge in [-0.2, -0.15) is 14.9 Å². The van der Waals surface area contributed by atoms with Crippen LogP contribution in [-0.4, -0.2) is 35.4 Å². The largest absolute Gasteiger partial charge is 0.322 e. The van der Waals surface area contributed by atoms with Crippen LogP contribution in [0.25, 0.3) is 17.0 Å². The molecule has 0 aliphatic carbocycles. The van der Waals surface area contributed by atoms with Crippen molar-refractivity contribution >= 4 is 22.8 Å². The molecule has 0 saturated carbocycles. The van der Waals surface area contributed by atoms with Crippen molar-refractivity contribution in [2.24, 2.45) is 7.05 Å². The smallest absolute Gasteiger partial charge is 0.231 e. The number of carbonyl (C=O) groups is 1. The number of aromatic amines is 1. The van der Waals surface area contributed by atoms with Crippen molar-refractivity contribution in [2.75, 3.05) is 5.32 Å². The fourth-order valence-electron chi connectivity index (χ4n) is 3.86. The second-order valence-corrected chi connectivity index (χ2v) is 6.95. The van der Waals surface area contributed by atoms with E-state index in [1.807, 2.05) is 56.0 Å². The number of fused-ring (bicyclic) bond motifs is 2. The van der Waals surface area contributed by atoms with E-state index in [0.717, 1.165) is 33.5 Å². The standard InChI is InChI=1S/C19H19N7O/c1-10-17-12(13-9-20-25(3)11(13)2)8-16(27)23-18(17)26(24-10)19-21-14-6-4-5-7-15(14)22-19/h4-7,9,12H,8H2,1-3H3,(H,21,22)(H,23,27). The molecule has 1 aliphatic heterocycles. The Hall–Kier alpha value is -3.42. The van der Waals surface area contributed by atoms with Crippen molar-refractivity contribution in [1.82, 2.24) is 29.5 Å². The molecule has 0 radical (unpaired) electrons. The van der Waals surface area contributed by atoms with E-state index in [9.17, 15) is 4.79 Å². The lowest BCUT2D eigenvalue weighted by Gasteiger charge is -2.23. The lowest BCUT2D eigenvalue weighted by molar-refractivity contribution is -0.116. The Labute approximate surface area is 155 Å². The number of benzene rings is 1. The average Bonchev–Trinajstić information content (AvgIpc) is 3.31.